The van der Waals surface area contributed by atoms with Crippen LogP contribution in [0.1, 0.15) is 12.5 Å². The van der Waals surface area contributed by atoms with Gasteiger partial charge in [0.15, 0.2) is 0 Å². The number of halogens is 1. The van der Waals surface area contributed by atoms with E-state index in [0.29, 0.717) is 18.7 Å². The predicted molar refractivity (Wildman–Crippen MR) is 56.2 cm³/mol. The molecule has 84 valence electrons. The van der Waals surface area contributed by atoms with E-state index in [1.165, 1.54) is 18.2 Å². The van der Waals surface area contributed by atoms with Crippen LogP contribution < -0.4 is 5.32 Å². The molecule has 1 aromatic carbocycles. The lowest BCUT2D eigenvalue weighted by Gasteiger charge is -2.11. The Hall–Kier alpha value is -1.13. The van der Waals surface area contributed by atoms with Gasteiger partial charge in [0.25, 0.3) is 0 Å². The van der Waals surface area contributed by atoms with Gasteiger partial charge in [-0.25, -0.2) is 4.39 Å². The average molecular weight is 213 g/mol. The Kier molecular flexibility index (Phi) is 4.52. The summed E-state index contributed by atoms with van der Waals surface area (Å²) in [5.74, 6) is -0.238. The summed E-state index contributed by atoms with van der Waals surface area (Å²) in [5, 5.41) is 12.5. The summed E-state index contributed by atoms with van der Waals surface area (Å²) < 4.78 is 17.9. The fourth-order valence-corrected chi connectivity index (χ4v) is 1.19. The predicted octanol–water partition coefficient (Wildman–Crippen LogP) is 1.66. The number of rotatable bonds is 5. The number of benzene rings is 1. The first-order valence-corrected chi connectivity index (χ1v) is 4.84. The smallest absolute Gasteiger partial charge is 0.123 e. The van der Waals surface area contributed by atoms with Crippen molar-refractivity contribution >= 4 is 0 Å². The normalized spacial score (nSPS) is 12.7. The lowest BCUT2D eigenvalue weighted by atomic mass is 10.2. The van der Waals surface area contributed by atoms with E-state index in [0.717, 1.165) is 0 Å². The number of nitrogens with one attached hydrogen (secondary N) is 1. The second-order valence-electron chi connectivity index (χ2n) is 3.45. The molecule has 2 N–H and O–H groups in total. The molecule has 1 aromatic rings. The van der Waals surface area contributed by atoms with Crippen molar-refractivity contribution in [3.8, 4) is 5.75 Å². The van der Waals surface area contributed by atoms with E-state index in [2.05, 4.69) is 5.32 Å². The summed E-state index contributed by atoms with van der Waals surface area (Å²) >= 11 is 0. The van der Waals surface area contributed by atoms with Crippen LogP contribution in [-0.2, 0) is 11.3 Å². The maximum Gasteiger partial charge on any atom is 0.123 e. The average Bonchev–Trinajstić information content (AvgIpc) is 2.23. The van der Waals surface area contributed by atoms with E-state index in [-0.39, 0.29) is 17.7 Å². The van der Waals surface area contributed by atoms with Gasteiger partial charge in [0.05, 0.1) is 6.10 Å². The van der Waals surface area contributed by atoms with Gasteiger partial charge in [-0.3, -0.25) is 0 Å². The number of hydrogen-bond donors (Lipinski definition) is 2. The number of phenolic OH excluding ortho intramolecular Hbond substituents is 1. The summed E-state index contributed by atoms with van der Waals surface area (Å²) in [4.78, 5) is 0. The topological polar surface area (TPSA) is 41.5 Å². The molecule has 0 spiro atoms. The van der Waals surface area contributed by atoms with Crippen molar-refractivity contribution in [3.63, 3.8) is 0 Å². The molecule has 0 heterocycles. The number of phenols is 1. The zero-order chi connectivity index (χ0) is 11.3. The van der Waals surface area contributed by atoms with Gasteiger partial charge >= 0.3 is 0 Å². The van der Waals surface area contributed by atoms with Gasteiger partial charge in [0, 0.05) is 25.8 Å². The van der Waals surface area contributed by atoms with Crippen LogP contribution in [0.25, 0.3) is 0 Å². The summed E-state index contributed by atoms with van der Waals surface area (Å²) in [5.41, 5.74) is 0.554. The summed E-state index contributed by atoms with van der Waals surface area (Å²) in [6.45, 7) is 3.02. The molecule has 0 saturated heterocycles. The minimum Gasteiger partial charge on any atom is -0.508 e. The van der Waals surface area contributed by atoms with Gasteiger partial charge in [-0.05, 0) is 25.1 Å². The molecule has 0 radical (unpaired) electrons. The molecule has 1 atom stereocenters. The van der Waals surface area contributed by atoms with Gasteiger partial charge in [0.1, 0.15) is 11.6 Å². The van der Waals surface area contributed by atoms with Crippen molar-refractivity contribution in [2.45, 2.75) is 19.6 Å². The maximum atomic E-state index is 12.8. The van der Waals surface area contributed by atoms with Gasteiger partial charge in [-0.15, -0.1) is 0 Å². The van der Waals surface area contributed by atoms with Crippen LogP contribution in [0.15, 0.2) is 18.2 Å². The second-order valence-corrected chi connectivity index (χ2v) is 3.45. The third-order valence-electron chi connectivity index (χ3n) is 2.19. The van der Waals surface area contributed by atoms with Crippen LogP contribution in [0.3, 0.4) is 0 Å². The molecule has 15 heavy (non-hydrogen) atoms. The van der Waals surface area contributed by atoms with Crippen molar-refractivity contribution in [1.29, 1.82) is 0 Å². The Morgan fingerprint density at radius 3 is 2.93 bits per heavy atom. The molecule has 0 aliphatic carbocycles. The zero-order valence-electron chi connectivity index (χ0n) is 8.96. The molecule has 0 aliphatic rings. The van der Waals surface area contributed by atoms with Gasteiger partial charge in [-0.1, -0.05) is 0 Å². The minimum absolute atomic E-state index is 0.0979. The van der Waals surface area contributed by atoms with Gasteiger partial charge in [-0.2, -0.15) is 0 Å². The molecule has 0 saturated carbocycles. The minimum atomic E-state index is -0.343. The Bertz CT molecular complexity index is 317. The molecule has 1 rings (SSSR count). The first kappa shape index (κ1) is 11.9. The highest BCUT2D eigenvalue weighted by Crippen LogP contribution is 2.17. The van der Waals surface area contributed by atoms with Crippen molar-refractivity contribution in [2.75, 3.05) is 13.7 Å². The lowest BCUT2D eigenvalue weighted by molar-refractivity contribution is 0.117. The van der Waals surface area contributed by atoms with E-state index in [1.807, 2.05) is 6.92 Å². The van der Waals surface area contributed by atoms with E-state index < -0.39 is 0 Å². The molecule has 0 amide bonds. The number of methoxy groups -OCH3 is 1. The van der Waals surface area contributed by atoms with Gasteiger partial charge < -0.3 is 15.2 Å². The van der Waals surface area contributed by atoms with Crippen LogP contribution in [0.2, 0.25) is 0 Å². The molecular formula is C11H16FNO2. The summed E-state index contributed by atoms with van der Waals surface area (Å²) in [7, 11) is 1.63. The van der Waals surface area contributed by atoms with Crippen LogP contribution in [0.4, 0.5) is 4.39 Å². The molecule has 3 nitrogen and oxygen atoms in total. The van der Waals surface area contributed by atoms with Crippen molar-refractivity contribution in [3.05, 3.63) is 29.6 Å². The number of hydrogen-bond acceptors (Lipinski definition) is 3. The van der Waals surface area contributed by atoms with E-state index in [9.17, 15) is 9.50 Å². The highest BCUT2D eigenvalue weighted by molar-refractivity contribution is 5.32. The Morgan fingerprint density at radius 2 is 2.27 bits per heavy atom. The van der Waals surface area contributed by atoms with Crippen molar-refractivity contribution in [2.24, 2.45) is 0 Å². The Labute approximate surface area is 88.9 Å². The van der Waals surface area contributed by atoms with Crippen LogP contribution >= 0.6 is 0 Å². The monoisotopic (exact) mass is 213 g/mol. The highest BCUT2D eigenvalue weighted by atomic mass is 19.1. The van der Waals surface area contributed by atoms with Crippen molar-refractivity contribution < 1.29 is 14.2 Å². The van der Waals surface area contributed by atoms with E-state index >= 15 is 0 Å². The van der Waals surface area contributed by atoms with Crippen molar-refractivity contribution in [1.82, 2.24) is 5.32 Å². The molecule has 0 aliphatic heterocycles. The van der Waals surface area contributed by atoms with Crippen LogP contribution in [-0.4, -0.2) is 24.9 Å². The van der Waals surface area contributed by atoms with E-state index in [4.69, 9.17) is 4.74 Å². The zero-order valence-corrected chi connectivity index (χ0v) is 8.96. The van der Waals surface area contributed by atoms with Crippen LogP contribution in [0.5, 0.6) is 5.75 Å². The Morgan fingerprint density at radius 1 is 1.53 bits per heavy atom. The molecule has 1 unspecified atom stereocenters. The Balaban J connectivity index is 2.46. The molecule has 4 heteroatoms. The number of ether oxygens (including phenoxy) is 1. The molecule has 0 fully saturated rings. The summed E-state index contributed by atoms with van der Waals surface area (Å²) in [6, 6.07) is 3.91. The van der Waals surface area contributed by atoms with E-state index in [1.54, 1.807) is 7.11 Å². The third-order valence-corrected chi connectivity index (χ3v) is 2.19. The molecule has 0 bridgehead atoms. The molecular weight excluding hydrogens is 197 g/mol. The largest absolute Gasteiger partial charge is 0.508 e. The highest BCUT2D eigenvalue weighted by Gasteiger charge is 2.03. The standard InChI is InChI=1S/C11H16FNO2/c1-8(15-2)6-13-7-9-5-10(12)3-4-11(9)14/h3-5,8,13-14H,6-7H2,1-2H3. The summed E-state index contributed by atoms with van der Waals surface area (Å²) in [6.07, 6.45) is 0.0979. The quantitative estimate of drug-likeness (QED) is 0.781. The maximum absolute atomic E-state index is 12.8. The third kappa shape index (κ3) is 3.85. The van der Waals surface area contributed by atoms with Crippen LogP contribution in [0, 0.1) is 5.82 Å². The fourth-order valence-electron chi connectivity index (χ4n) is 1.19. The lowest BCUT2D eigenvalue weighted by Crippen LogP contribution is -2.25. The molecule has 0 aromatic heterocycles. The van der Waals surface area contributed by atoms with Gasteiger partial charge in [0.2, 0.25) is 0 Å². The first-order chi connectivity index (χ1) is 7.13. The SMILES string of the molecule is COC(C)CNCc1cc(F)ccc1O. The number of aromatic hydroxyl groups is 1. The fraction of sp³-hybridized carbons (Fsp3) is 0.455. The first-order valence-electron chi connectivity index (χ1n) is 4.84. The second kappa shape index (κ2) is 5.68.